The van der Waals surface area contributed by atoms with E-state index in [-0.39, 0.29) is 22.0 Å². The summed E-state index contributed by atoms with van der Waals surface area (Å²) in [6.45, 7) is 1.46. The van der Waals surface area contributed by atoms with E-state index in [9.17, 15) is 18.4 Å². The molecule has 0 radical (unpaired) electrons. The summed E-state index contributed by atoms with van der Waals surface area (Å²) >= 11 is 7.05. The molecule has 0 bridgehead atoms. The van der Waals surface area contributed by atoms with Crippen molar-refractivity contribution in [2.75, 3.05) is 11.5 Å². The Hall–Kier alpha value is -2.46. The van der Waals surface area contributed by atoms with Crippen LogP contribution in [0.4, 0.5) is 14.6 Å². The maximum atomic E-state index is 14.3. The molecule has 0 saturated carbocycles. The molecule has 0 saturated heterocycles. The lowest BCUT2D eigenvalue weighted by Crippen LogP contribution is -2.37. The van der Waals surface area contributed by atoms with Gasteiger partial charge in [0.15, 0.2) is 16.6 Å². The number of nitrogens with two attached hydrogens (primary N) is 1. The third-order valence-electron chi connectivity index (χ3n) is 4.02. The van der Waals surface area contributed by atoms with E-state index in [1.165, 1.54) is 11.8 Å². The summed E-state index contributed by atoms with van der Waals surface area (Å²) in [5.74, 6) is -1.22. The molecule has 3 aromatic rings. The van der Waals surface area contributed by atoms with Crippen LogP contribution in [0.25, 0.3) is 11.2 Å². The highest BCUT2D eigenvalue weighted by Gasteiger charge is 2.19. The smallest absolute Gasteiger partial charge is 0.318 e. The Morgan fingerprint density at radius 3 is 2.75 bits per heavy atom. The van der Waals surface area contributed by atoms with Gasteiger partial charge in [-0.25, -0.2) is 18.7 Å². The van der Waals surface area contributed by atoms with Gasteiger partial charge in [0, 0.05) is 11.3 Å². The number of nitrogens with one attached hydrogen (secondary N) is 1. The quantitative estimate of drug-likeness (QED) is 0.206. The number of aromatic nitrogens is 4. The van der Waals surface area contributed by atoms with Crippen molar-refractivity contribution in [3.05, 3.63) is 55.1 Å². The highest BCUT2D eigenvalue weighted by molar-refractivity contribution is 7.99. The summed E-state index contributed by atoms with van der Waals surface area (Å²) < 4.78 is 29.3. The van der Waals surface area contributed by atoms with Gasteiger partial charge in [-0.05, 0) is 18.6 Å². The van der Waals surface area contributed by atoms with E-state index >= 15 is 0 Å². The van der Waals surface area contributed by atoms with Crippen LogP contribution in [-0.4, -0.2) is 25.3 Å². The SMILES string of the molecule is CCCCSc1nc(N)c2[nH]c(=O)c(=O)n(Cc3c(F)ccc(Cl)c3F)c2n1. The Balaban J connectivity index is 2.20. The molecule has 0 aliphatic heterocycles. The Morgan fingerprint density at radius 2 is 2.04 bits per heavy atom. The van der Waals surface area contributed by atoms with E-state index in [1.54, 1.807) is 0 Å². The van der Waals surface area contributed by atoms with E-state index in [0.717, 1.165) is 35.3 Å². The Morgan fingerprint density at radius 1 is 1.29 bits per heavy atom. The predicted molar refractivity (Wildman–Crippen MR) is 105 cm³/mol. The van der Waals surface area contributed by atoms with Crippen LogP contribution >= 0.6 is 23.4 Å². The topological polar surface area (TPSA) is 107 Å². The first kappa shape index (κ1) is 20.3. The summed E-state index contributed by atoms with van der Waals surface area (Å²) in [6, 6.07) is 2.05. The van der Waals surface area contributed by atoms with E-state index in [2.05, 4.69) is 15.0 Å². The summed E-state index contributed by atoms with van der Waals surface area (Å²) in [4.78, 5) is 35.1. The number of nitrogens with zero attached hydrogens (tertiary/aromatic N) is 3. The van der Waals surface area contributed by atoms with E-state index in [1.807, 2.05) is 6.92 Å². The standard InChI is InChI=1S/C17H16ClF2N5O2S/c1-2-3-6-28-17-23-13(21)12-14(24-17)25(16(27)15(26)22-12)7-8-10(19)5-4-9(18)11(8)20/h4-5H,2-3,6-7H2,1H3,(H,22,26)(H2,21,23,24). The lowest BCUT2D eigenvalue weighted by atomic mass is 10.2. The number of rotatable bonds is 6. The molecule has 3 rings (SSSR count). The zero-order chi connectivity index (χ0) is 20.4. The Kier molecular flexibility index (Phi) is 5.99. The fourth-order valence-electron chi connectivity index (χ4n) is 2.54. The van der Waals surface area contributed by atoms with Crippen molar-refractivity contribution in [3.63, 3.8) is 0 Å². The minimum atomic E-state index is -1.02. The average molecular weight is 428 g/mol. The van der Waals surface area contributed by atoms with Gasteiger partial charge in [0.25, 0.3) is 0 Å². The van der Waals surface area contributed by atoms with Crippen molar-refractivity contribution in [2.45, 2.75) is 31.5 Å². The fourth-order valence-corrected chi connectivity index (χ4v) is 3.64. The highest BCUT2D eigenvalue weighted by Crippen LogP contribution is 2.24. The number of unbranched alkanes of at least 4 members (excludes halogenated alkanes) is 1. The minimum absolute atomic E-state index is 0.0186. The molecule has 28 heavy (non-hydrogen) atoms. The fraction of sp³-hybridized carbons (Fsp3) is 0.294. The van der Waals surface area contributed by atoms with Crippen molar-refractivity contribution in [3.8, 4) is 0 Å². The van der Waals surface area contributed by atoms with Crippen LogP contribution in [0.2, 0.25) is 5.02 Å². The average Bonchev–Trinajstić information content (AvgIpc) is 2.66. The van der Waals surface area contributed by atoms with Crippen molar-refractivity contribution >= 4 is 40.3 Å². The van der Waals surface area contributed by atoms with E-state index in [4.69, 9.17) is 17.3 Å². The Labute approximate surface area is 167 Å². The van der Waals surface area contributed by atoms with Crippen molar-refractivity contribution in [1.29, 1.82) is 0 Å². The molecule has 0 atom stereocenters. The molecule has 0 aliphatic carbocycles. The molecule has 2 heterocycles. The molecule has 0 amide bonds. The largest absolute Gasteiger partial charge is 0.382 e. The van der Waals surface area contributed by atoms with Crippen molar-refractivity contribution in [2.24, 2.45) is 0 Å². The number of hydrogen-bond acceptors (Lipinski definition) is 6. The van der Waals surface area contributed by atoms with Gasteiger partial charge in [0.05, 0.1) is 11.6 Å². The molecule has 1 aromatic carbocycles. The van der Waals surface area contributed by atoms with Crippen LogP contribution in [0, 0.1) is 11.6 Å². The zero-order valence-electron chi connectivity index (χ0n) is 14.8. The van der Waals surface area contributed by atoms with E-state index in [0.29, 0.717) is 5.16 Å². The maximum absolute atomic E-state index is 14.3. The van der Waals surface area contributed by atoms with Crippen molar-refractivity contribution in [1.82, 2.24) is 19.5 Å². The van der Waals surface area contributed by atoms with Crippen LogP contribution in [0.1, 0.15) is 25.3 Å². The number of nitrogen functional groups attached to an aromatic ring is 1. The minimum Gasteiger partial charge on any atom is -0.382 e. The van der Waals surface area contributed by atoms with Crippen LogP contribution < -0.4 is 16.9 Å². The second kappa shape index (κ2) is 8.27. The first-order chi connectivity index (χ1) is 13.3. The second-order valence-electron chi connectivity index (χ2n) is 5.96. The number of benzene rings is 1. The molecule has 148 valence electrons. The van der Waals surface area contributed by atoms with Gasteiger partial charge < -0.3 is 10.7 Å². The highest BCUT2D eigenvalue weighted by atomic mass is 35.5. The molecule has 0 spiro atoms. The van der Waals surface area contributed by atoms with Crippen LogP contribution in [-0.2, 0) is 6.54 Å². The van der Waals surface area contributed by atoms with Crippen molar-refractivity contribution < 1.29 is 8.78 Å². The van der Waals surface area contributed by atoms with E-state index < -0.39 is 34.9 Å². The zero-order valence-corrected chi connectivity index (χ0v) is 16.3. The maximum Gasteiger partial charge on any atom is 0.318 e. The third kappa shape index (κ3) is 3.88. The van der Waals surface area contributed by atoms with Gasteiger partial charge in [-0.2, -0.15) is 0 Å². The first-order valence-electron chi connectivity index (χ1n) is 8.39. The molecular formula is C17H16ClF2N5O2S. The molecule has 2 aromatic heterocycles. The van der Waals surface area contributed by atoms with Gasteiger partial charge in [-0.1, -0.05) is 36.7 Å². The number of fused-ring (bicyclic) bond motifs is 1. The molecular weight excluding hydrogens is 412 g/mol. The van der Waals surface area contributed by atoms with Gasteiger partial charge in [0.1, 0.15) is 17.2 Å². The lowest BCUT2D eigenvalue weighted by molar-refractivity contribution is 0.543. The number of aromatic amines is 1. The number of anilines is 1. The van der Waals surface area contributed by atoms with Gasteiger partial charge in [0.2, 0.25) is 0 Å². The summed E-state index contributed by atoms with van der Waals surface area (Å²) in [5.41, 5.74) is 3.43. The monoisotopic (exact) mass is 427 g/mol. The molecule has 0 aliphatic rings. The van der Waals surface area contributed by atoms with Crippen LogP contribution in [0.15, 0.2) is 26.9 Å². The normalized spacial score (nSPS) is 11.3. The summed E-state index contributed by atoms with van der Waals surface area (Å²) in [7, 11) is 0. The van der Waals surface area contributed by atoms with Gasteiger partial charge >= 0.3 is 11.1 Å². The number of H-pyrrole nitrogens is 1. The molecule has 11 heteroatoms. The third-order valence-corrected chi connectivity index (χ3v) is 5.24. The van der Waals surface area contributed by atoms with Gasteiger partial charge in [-0.3, -0.25) is 14.2 Å². The Bertz CT molecular complexity index is 1160. The summed E-state index contributed by atoms with van der Waals surface area (Å²) in [6.07, 6.45) is 1.89. The summed E-state index contributed by atoms with van der Waals surface area (Å²) in [5, 5.41) is -0.00534. The van der Waals surface area contributed by atoms with Crippen LogP contribution in [0.3, 0.4) is 0 Å². The molecule has 3 N–H and O–H groups in total. The second-order valence-corrected chi connectivity index (χ2v) is 7.43. The predicted octanol–water partition coefficient (Wildman–Crippen LogP) is 2.93. The van der Waals surface area contributed by atoms with Gasteiger partial charge in [-0.15, -0.1) is 0 Å². The lowest BCUT2D eigenvalue weighted by Gasteiger charge is -2.12. The molecule has 0 unspecified atom stereocenters. The molecule has 7 nitrogen and oxygen atoms in total. The van der Waals surface area contributed by atoms with Crippen LogP contribution in [0.5, 0.6) is 0 Å². The number of thioether (sulfide) groups is 1. The molecule has 0 fully saturated rings. The first-order valence-corrected chi connectivity index (χ1v) is 9.75. The number of hydrogen-bond donors (Lipinski definition) is 2. The number of halogens is 3.